The van der Waals surface area contributed by atoms with Crippen molar-refractivity contribution in [2.45, 2.75) is 29.6 Å². The largest absolute Gasteiger partial charge is 0.450 e. The number of carbonyl (C=O) groups excluding carboxylic acids is 2. The van der Waals surface area contributed by atoms with Crippen molar-refractivity contribution in [3.8, 4) is 0 Å². The van der Waals surface area contributed by atoms with Gasteiger partial charge in [0.25, 0.3) is 5.91 Å². The molecule has 0 aromatic heterocycles. The Morgan fingerprint density at radius 1 is 1.03 bits per heavy atom. The van der Waals surface area contributed by atoms with E-state index in [0.717, 1.165) is 17.7 Å². The molecule has 0 N–H and O–H groups in total. The summed E-state index contributed by atoms with van der Waals surface area (Å²) in [6.07, 6.45) is 3.40. The highest BCUT2D eigenvalue weighted by Gasteiger charge is 2.32. The lowest BCUT2D eigenvalue weighted by Gasteiger charge is -2.33. The topological polar surface area (TPSA) is 87.2 Å². The molecular weight excluding hydrogens is 414 g/mol. The molecule has 3 rings (SSSR count). The first-order valence-electron chi connectivity index (χ1n) is 9.77. The third-order valence-corrected chi connectivity index (χ3v) is 7.89. The Bertz CT molecular complexity index is 861. The fourth-order valence-electron chi connectivity index (χ4n) is 3.58. The number of hydrogen-bond donors (Lipinski definition) is 0. The molecule has 0 saturated carbocycles. The quantitative estimate of drug-likeness (QED) is 0.651. The van der Waals surface area contributed by atoms with E-state index in [2.05, 4.69) is 0 Å². The van der Waals surface area contributed by atoms with E-state index in [1.165, 1.54) is 27.0 Å². The Kier molecular flexibility index (Phi) is 7.07. The van der Waals surface area contributed by atoms with Crippen LogP contribution in [-0.2, 0) is 14.8 Å². The molecule has 0 unspecified atom stereocenters. The minimum atomic E-state index is -3.75. The van der Waals surface area contributed by atoms with E-state index < -0.39 is 16.1 Å². The van der Waals surface area contributed by atoms with Crippen molar-refractivity contribution >= 4 is 33.8 Å². The van der Waals surface area contributed by atoms with Crippen LogP contribution in [0.4, 0.5) is 4.79 Å². The SMILES string of the molecule is CCOC(=O)N1CCN(S(=O)(=O)c2ccc(SC)c(C(=O)N3CCCC3)c2)CC1. The van der Waals surface area contributed by atoms with E-state index in [9.17, 15) is 18.0 Å². The van der Waals surface area contributed by atoms with E-state index in [1.807, 2.05) is 6.26 Å². The number of amides is 2. The van der Waals surface area contributed by atoms with Gasteiger partial charge in [0.1, 0.15) is 0 Å². The second kappa shape index (κ2) is 9.36. The van der Waals surface area contributed by atoms with Crippen molar-refractivity contribution in [3.05, 3.63) is 23.8 Å². The minimum absolute atomic E-state index is 0.113. The Morgan fingerprint density at radius 2 is 1.69 bits per heavy atom. The van der Waals surface area contributed by atoms with Gasteiger partial charge in [-0.3, -0.25) is 4.79 Å². The summed E-state index contributed by atoms with van der Waals surface area (Å²) in [5.74, 6) is -0.115. The number of sulfonamides is 1. The van der Waals surface area contributed by atoms with Crippen LogP contribution in [0.3, 0.4) is 0 Å². The highest BCUT2D eigenvalue weighted by Crippen LogP contribution is 2.28. The molecule has 2 saturated heterocycles. The first kappa shape index (κ1) is 21.9. The molecule has 1 aromatic rings. The van der Waals surface area contributed by atoms with Gasteiger partial charge in [-0.25, -0.2) is 13.2 Å². The molecule has 2 fully saturated rings. The van der Waals surface area contributed by atoms with Crippen molar-refractivity contribution in [1.82, 2.24) is 14.1 Å². The number of benzene rings is 1. The molecule has 29 heavy (non-hydrogen) atoms. The maximum Gasteiger partial charge on any atom is 0.409 e. The summed E-state index contributed by atoms with van der Waals surface area (Å²) in [6, 6.07) is 4.76. The lowest BCUT2D eigenvalue weighted by molar-refractivity contribution is 0.0788. The first-order valence-corrected chi connectivity index (χ1v) is 12.4. The summed E-state index contributed by atoms with van der Waals surface area (Å²) < 4.78 is 32.6. The van der Waals surface area contributed by atoms with Crippen molar-refractivity contribution < 1.29 is 22.7 Å². The zero-order valence-corrected chi connectivity index (χ0v) is 18.4. The Balaban J connectivity index is 1.79. The summed E-state index contributed by atoms with van der Waals surface area (Å²) in [6.45, 7) is 4.38. The molecule has 2 heterocycles. The molecule has 0 spiro atoms. The van der Waals surface area contributed by atoms with Gasteiger partial charge in [0.15, 0.2) is 0 Å². The fourth-order valence-corrected chi connectivity index (χ4v) is 5.60. The molecule has 2 amide bonds. The monoisotopic (exact) mass is 441 g/mol. The van der Waals surface area contributed by atoms with Gasteiger partial charge < -0.3 is 14.5 Å². The second-order valence-corrected chi connectivity index (χ2v) is 9.74. The fraction of sp³-hybridized carbons (Fsp3) is 0.579. The number of carbonyl (C=O) groups is 2. The molecule has 10 heteroatoms. The molecule has 0 radical (unpaired) electrons. The van der Waals surface area contributed by atoms with Crippen molar-refractivity contribution in [3.63, 3.8) is 0 Å². The maximum absolute atomic E-state index is 13.1. The van der Waals surface area contributed by atoms with Gasteiger partial charge in [-0.1, -0.05) is 0 Å². The molecule has 0 aliphatic carbocycles. The molecule has 160 valence electrons. The van der Waals surface area contributed by atoms with Gasteiger partial charge in [-0.15, -0.1) is 11.8 Å². The predicted molar refractivity (Wildman–Crippen MR) is 111 cm³/mol. The zero-order valence-electron chi connectivity index (χ0n) is 16.8. The van der Waals surface area contributed by atoms with Gasteiger partial charge in [0.2, 0.25) is 10.0 Å². The normalized spacial score (nSPS) is 18.1. The van der Waals surface area contributed by atoms with Crippen LogP contribution in [0.2, 0.25) is 0 Å². The van der Waals surface area contributed by atoms with Crippen molar-refractivity contribution in [2.75, 3.05) is 52.1 Å². The Hall–Kier alpha value is -1.78. The number of hydrogen-bond acceptors (Lipinski definition) is 6. The van der Waals surface area contributed by atoms with Crippen LogP contribution < -0.4 is 0 Å². The van der Waals surface area contributed by atoms with Crippen LogP contribution in [-0.4, -0.2) is 86.7 Å². The van der Waals surface area contributed by atoms with Crippen molar-refractivity contribution in [2.24, 2.45) is 0 Å². The van der Waals surface area contributed by atoms with Gasteiger partial charge in [0.05, 0.1) is 17.1 Å². The smallest absolute Gasteiger partial charge is 0.409 e. The van der Waals surface area contributed by atoms with Gasteiger partial charge >= 0.3 is 6.09 Å². The molecule has 2 aliphatic rings. The number of likely N-dealkylation sites (tertiary alicyclic amines) is 1. The molecule has 0 bridgehead atoms. The third-order valence-electron chi connectivity index (χ3n) is 5.20. The van der Waals surface area contributed by atoms with Gasteiger partial charge in [-0.05, 0) is 44.2 Å². The average Bonchev–Trinajstić information content (AvgIpc) is 3.28. The van der Waals surface area contributed by atoms with E-state index in [0.29, 0.717) is 18.7 Å². The van der Waals surface area contributed by atoms with E-state index >= 15 is 0 Å². The standard InChI is InChI=1S/C19H27N3O5S2/c1-3-27-19(24)21-10-12-22(13-11-21)29(25,26)15-6-7-17(28-2)16(14-15)18(23)20-8-4-5-9-20/h6-7,14H,3-5,8-13H2,1-2H3. The van der Waals surface area contributed by atoms with Crippen LogP contribution >= 0.6 is 11.8 Å². The van der Waals surface area contributed by atoms with E-state index in [-0.39, 0.29) is 43.6 Å². The summed E-state index contributed by atoms with van der Waals surface area (Å²) in [5.41, 5.74) is 0.436. The number of piperazine rings is 1. The summed E-state index contributed by atoms with van der Waals surface area (Å²) in [4.78, 5) is 28.9. The highest BCUT2D eigenvalue weighted by atomic mass is 32.2. The zero-order chi connectivity index (χ0) is 21.0. The van der Waals surface area contributed by atoms with Crippen molar-refractivity contribution in [1.29, 1.82) is 0 Å². The predicted octanol–water partition coefficient (Wildman–Crippen LogP) is 2.11. The molecular formula is C19H27N3O5S2. The van der Waals surface area contributed by atoms with E-state index in [4.69, 9.17) is 4.74 Å². The van der Waals surface area contributed by atoms with Crippen LogP contribution in [0.5, 0.6) is 0 Å². The Morgan fingerprint density at radius 3 is 2.28 bits per heavy atom. The first-order chi connectivity index (χ1) is 13.9. The lowest BCUT2D eigenvalue weighted by Crippen LogP contribution is -2.50. The van der Waals surface area contributed by atoms with Gasteiger partial charge in [0, 0.05) is 44.2 Å². The number of ether oxygens (including phenoxy) is 1. The molecule has 2 aliphatic heterocycles. The van der Waals surface area contributed by atoms with Crippen LogP contribution in [0.25, 0.3) is 0 Å². The number of rotatable bonds is 5. The third kappa shape index (κ3) is 4.70. The molecule has 8 nitrogen and oxygen atoms in total. The second-order valence-electron chi connectivity index (χ2n) is 6.95. The van der Waals surface area contributed by atoms with Crippen LogP contribution in [0.1, 0.15) is 30.1 Å². The molecule has 1 aromatic carbocycles. The minimum Gasteiger partial charge on any atom is -0.450 e. The average molecular weight is 442 g/mol. The number of thioether (sulfide) groups is 1. The summed E-state index contributed by atoms with van der Waals surface area (Å²) in [7, 11) is -3.75. The summed E-state index contributed by atoms with van der Waals surface area (Å²) >= 11 is 1.43. The van der Waals surface area contributed by atoms with Gasteiger partial charge in [-0.2, -0.15) is 4.31 Å². The Labute approximate surface area is 176 Å². The maximum atomic E-state index is 13.1. The summed E-state index contributed by atoms with van der Waals surface area (Å²) in [5, 5.41) is 0. The molecule has 0 atom stereocenters. The lowest BCUT2D eigenvalue weighted by atomic mass is 10.2. The highest BCUT2D eigenvalue weighted by molar-refractivity contribution is 7.98. The number of nitrogens with zero attached hydrogens (tertiary/aromatic N) is 3. The van der Waals surface area contributed by atoms with E-state index in [1.54, 1.807) is 24.0 Å². The van der Waals surface area contributed by atoms with Crippen LogP contribution in [0, 0.1) is 0 Å². The van der Waals surface area contributed by atoms with Crippen LogP contribution in [0.15, 0.2) is 28.0 Å².